The number of hydrogen-bond donors (Lipinski definition) is 0. The number of rotatable bonds is 9. The van der Waals surface area contributed by atoms with Crippen LogP contribution in [0.15, 0.2) is 21.8 Å². The van der Waals surface area contributed by atoms with Crippen LogP contribution in [0.1, 0.15) is 68.2 Å². The van der Waals surface area contributed by atoms with Gasteiger partial charge in [-0.1, -0.05) is 81.9 Å². The van der Waals surface area contributed by atoms with E-state index in [0.717, 1.165) is 12.8 Å². The van der Waals surface area contributed by atoms with Gasteiger partial charge in [-0.2, -0.15) is 0 Å². The minimum atomic E-state index is -1.81. The Labute approximate surface area is 186 Å². The molecule has 0 aliphatic carbocycles. The Morgan fingerprint density at radius 1 is 0.926 bits per heavy atom. The molecule has 0 rings (SSSR count). The van der Waals surface area contributed by atoms with Crippen molar-refractivity contribution in [3.63, 3.8) is 0 Å². The molecule has 160 valence electrons. The summed E-state index contributed by atoms with van der Waals surface area (Å²) in [5.74, 6) is 0. The second-order valence-corrected chi connectivity index (χ2v) is 21.1. The van der Waals surface area contributed by atoms with Crippen LogP contribution in [0.3, 0.4) is 0 Å². The number of allylic oxidation sites excluding steroid dienone is 2. The van der Waals surface area contributed by atoms with Gasteiger partial charge in [0.25, 0.3) is 0 Å². The molecule has 5 heteroatoms. The van der Waals surface area contributed by atoms with Crippen molar-refractivity contribution in [2.24, 2.45) is 0 Å². The maximum Gasteiger partial charge on any atom is 0.192 e. The highest BCUT2D eigenvalue weighted by molar-refractivity contribution is 14.1. The van der Waals surface area contributed by atoms with Crippen molar-refractivity contribution in [3.8, 4) is 0 Å². The molecule has 0 aliphatic rings. The van der Waals surface area contributed by atoms with Gasteiger partial charge in [-0.3, -0.25) is 0 Å². The molecule has 27 heavy (non-hydrogen) atoms. The van der Waals surface area contributed by atoms with E-state index < -0.39 is 16.6 Å². The van der Waals surface area contributed by atoms with Gasteiger partial charge in [0.15, 0.2) is 16.6 Å². The number of hydrogen-bond acceptors (Lipinski definition) is 2. The highest BCUT2D eigenvalue weighted by Crippen LogP contribution is 2.40. The lowest BCUT2D eigenvalue weighted by Gasteiger charge is -2.42. The third-order valence-electron chi connectivity index (χ3n) is 6.19. The molecule has 0 saturated heterocycles. The molecule has 0 saturated carbocycles. The van der Waals surface area contributed by atoms with Gasteiger partial charge in [0.05, 0.1) is 6.10 Å². The van der Waals surface area contributed by atoms with E-state index in [0.29, 0.717) is 0 Å². The third-order valence-corrected chi connectivity index (χ3v) is 15.7. The van der Waals surface area contributed by atoms with E-state index in [4.69, 9.17) is 8.85 Å². The summed E-state index contributed by atoms with van der Waals surface area (Å²) in [6, 6.07) is 0. The maximum atomic E-state index is 6.81. The van der Waals surface area contributed by atoms with Crippen molar-refractivity contribution in [2.45, 2.75) is 117 Å². The Morgan fingerprint density at radius 3 is 1.78 bits per heavy atom. The van der Waals surface area contributed by atoms with E-state index in [1.807, 2.05) is 0 Å². The predicted octanol–water partition coefficient (Wildman–Crippen LogP) is 8.46. The van der Waals surface area contributed by atoms with Crippen molar-refractivity contribution < 1.29 is 8.85 Å². The Kier molecular flexibility index (Phi) is 10.8. The molecule has 2 nitrogen and oxygen atoms in total. The first kappa shape index (κ1) is 27.6. The lowest BCUT2D eigenvalue weighted by molar-refractivity contribution is 0.103. The van der Waals surface area contributed by atoms with Crippen molar-refractivity contribution in [2.75, 3.05) is 0 Å². The van der Waals surface area contributed by atoms with Gasteiger partial charge in [-0.25, -0.2) is 0 Å². The molecule has 0 bridgehead atoms. The van der Waals surface area contributed by atoms with Crippen LogP contribution in [0, 0.1) is 0 Å². The smallest absolute Gasteiger partial charge is 0.192 e. The molecule has 0 aromatic rings. The SMILES string of the molecule is CC(/C=C/I)=C\C[C@@H](C[C@H](C)O[Si](C)(C)C(C)(C)C)O[Si](C)(C)C(C)(C)C. The van der Waals surface area contributed by atoms with E-state index in [1.165, 1.54) is 5.57 Å². The first-order valence-electron chi connectivity index (χ1n) is 10.2. The second-order valence-electron chi connectivity index (χ2n) is 10.9. The van der Waals surface area contributed by atoms with Crippen LogP contribution >= 0.6 is 22.6 Å². The van der Waals surface area contributed by atoms with Crippen molar-refractivity contribution in [1.82, 2.24) is 0 Å². The van der Waals surface area contributed by atoms with Crippen LogP contribution in [-0.2, 0) is 8.85 Å². The Hall–Kier alpha value is 0.564. The quantitative estimate of drug-likeness (QED) is 0.171. The molecule has 0 spiro atoms. The summed E-state index contributed by atoms with van der Waals surface area (Å²) in [5, 5.41) is 0.453. The second kappa shape index (κ2) is 10.6. The normalized spacial score (nSPS) is 17.4. The predicted molar refractivity (Wildman–Crippen MR) is 136 cm³/mol. The zero-order valence-corrected chi connectivity index (χ0v) is 24.2. The molecule has 0 unspecified atom stereocenters. The highest BCUT2D eigenvalue weighted by atomic mass is 127. The van der Waals surface area contributed by atoms with Gasteiger partial charge >= 0.3 is 0 Å². The van der Waals surface area contributed by atoms with Gasteiger partial charge in [0.2, 0.25) is 0 Å². The van der Waals surface area contributed by atoms with E-state index in [-0.39, 0.29) is 22.3 Å². The van der Waals surface area contributed by atoms with Crippen LogP contribution in [0.5, 0.6) is 0 Å². The summed E-state index contributed by atoms with van der Waals surface area (Å²) in [6.07, 6.45) is 6.80. The van der Waals surface area contributed by atoms with Crippen LogP contribution in [0.4, 0.5) is 0 Å². The zero-order valence-electron chi connectivity index (χ0n) is 20.0. The van der Waals surface area contributed by atoms with E-state index in [9.17, 15) is 0 Å². The van der Waals surface area contributed by atoms with Crippen molar-refractivity contribution >= 4 is 39.2 Å². The van der Waals surface area contributed by atoms with Gasteiger partial charge in [0, 0.05) is 6.10 Å². The van der Waals surface area contributed by atoms with Crippen LogP contribution < -0.4 is 0 Å². The van der Waals surface area contributed by atoms with Crippen LogP contribution in [0.25, 0.3) is 0 Å². The first-order chi connectivity index (χ1) is 11.9. The summed E-state index contributed by atoms with van der Waals surface area (Å²) >= 11 is 2.27. The van der Waals surface area contributed by atoms with Gasteiger partial charge in [0.1, 0.15) is 0 Å². The summed E-state index contributed by atoms with van der Waals surface area (Å²) in [4.78, 5) is 0. The molecule has 0 heterocycles. The summed E-state index contributed by atoms with van der Waals surface area (Å²) < 4.78 is 15.5. The van der Waals surface area contributed by atoms with Crippen LogP contribution in [-0.4, -0.2) is 28.8 Å². The lowest BCUT2D eigenvalue weighted by atomic mass is 10.1. The summed E-state index contributed by atoms with van der Waals surface area (Å²) in [5.41, 5.74) is 1.30. The average molecular weight is 525 g/mol. The third kappa shape index (κ3) is 9.74. The highest BCUT2D eigenvalue weighted by Gasteiger charge is 2.41. The Balaban J connectivity index is 5.33. The fourth-order valence-corrected chi connectivity index (χ4v) is 5.77. The van der Waals surface area contributed by atoms with Gasteiger partial charge < -0.3 is 8.85 Å². The molecule has 2 atom stereocenters. The summed E-state index contributed by atoms with van der Waals surface area (Å²) in [7, 11) is -3.57. The largest absolute Gasteiger partial charge is 0.414 e. The molecular weight excluding hydrogens is 479 g/mol. The molecule has 0 N–H and O–H groups in total. The molecule has 0 aromatic heterocycles. The van der Waals surface area contributed by atoms with E-state index >= 15 is 0 Å². The Morgan fingerprint density at radius 2 is 1.37 bits per heavy atom. The lowest BCUT2D eigenvalue weighted by Crippen LogP contribution is -2.46. The topological polar surface area (TPSA) is 18.5 Å². The van der Waals surface area contributed by atoms with Gasteiger partial charge in [-0.15, -0.1) is 0 Å². The zero-order chi connectivity index (χ0) is 21.7. The van der Waals surface area contributed by atoms with E-state index in [1.54, 1.807) is 0 Å². The molecule has 0 amide bonds. The van der Waals surface area contributed by atoms with Gasteiger partial charge in [-0.05, 0) is 67.0 Å². The summed E-state index contributed by atoms with van der Waals surface area (Å²) in [6.45, 7) is 27.6. The first-order valence-corrected chi connectivity index (χ1v) is 17.3. The van der Waals surface area contributed by atoms with Crippen molar-refractivity contribution in [1.29, 1.82) is 0 Å². The monoisotopic (exact) mass is 524 g/mol. The Bertz CT molecular complexity index is 511. The minimum Gasteiger partial charge on any atom is -0.414 e. The minimum absolute atomic E-state index is 0.211. The van der Waals surface area contributed by atoms with E-state index in [2.05, 4.69) is 120 Å². The van der Waals surface area contributed by atoms with Crippen molar-refractivity contribution in [3.05, 3.63) is 21.8 Å². The standard InChI is InChI=1S/C22H45IO2Si2/c1-18(15-16-23)13-14-20(25-27(11,12)22(6,7)8)17-19(2)24-26(9,10)21(3,4)5/h13,15-16,19-20H,14,17H2,1-12H3/b16-15+,18-13+/t19-,20-/m0/s1. The molecular formula is C22H45IO2Si2. The van der Waals surface area contributed by atoms with Crippen LogP contribution in [0.2, 0.25) is 36.3 Å². The molecule has 0 radical (unpaired) electrons. The average Bonchev–Trinajstić information content (AvgIpc) is 2.41. The number of halogens is 1. The maximum absolute atomic E-state index is 6.81. The molecule has 0 aromatic carbocycles. The fourth-order valence-electron chi connectivity index (χ4n) is 2.37. The molecule has 0 aliphatic heterocycles. The molecule has 0 fully saturated rings. The fraction of sp³-hybridized carbons (Fsp3) is 0.818.